The van der Waals surface area contributed by atoms with Crippen LogP contribution in [0.4, 0.5) is 0 Å². The Morgan fingerprint density at radius 1 is 1.24 bits per heavy atom. The van der Waals surface area contributed by atoms with Crippen molar-refractivity contribution >= 4 is 0 Å². The van der Waals surface area contributed by atoms with Crippen LogP contribution in [0.5, 0.6) is 0 Å². The topological polar surface area (TPSA) is 71.4 Å². The van der Waals surface area contributed by atoms with Crippen LogP contribution in [0, 0.1) is 0 Å². The third-order valence-corrected chi connectivity index (χ3v) is 4.43. The average molecular weight is 285 g/mol. The molecule has 0 aliphatic carbocycles. The van der Waals surface area contributed by atoms with Gasteiger partial charge in [0.15, 0.2) is 5.82 Å². The van der Waals surface area contributed by atoms with E-state index in [1.54, 1.807) is 0 Å². The SMILES string of the molecule is NCc1cccc(-c2nc(C3CN4CCN3CC4)no2)c1. The number of hydrogen-bond acceptors (Lipinski definition) is 6. The lowest BCUT2D eigenvalue weighted by molar-refractivity contribution is 0.00781. The van der Waals surface area contributed by atoms with Gasteiger partial charge in [-0.3, -0.25) is 9.80 Å². The van der Waals surface area contributed by atoms with Crippen molar-refractivity contribution in [1.29, 1.82) is 0 Å². The van der Waals surface area contributed by atoms with Crippen LogP contribution in [0.3, 0.4) is 0 Å². The van der Waals surface area contributed by atoms with Crippen molar-refractivity contribution in [3.63, 3.8) is 0 Å². The van der Waals surface area contributed by atoms with Gasteiger partial charge in [0, 0.05) is 44.8 Å². The van der Waals surface area contributed by atoms with Crippen molar-refractivity contribution in [2.24, 2.45) is 5.73 Å². The minimum atomic E-state index is 0.266. The largest absolute Gasteiger partial charge is 0.334 e. The molecule has 0 radical (unpaired) electrons. The Morgan fingerprint density at radius 2 is 2.10 bits per heavy atom. The monoisotopic (exact) mass is 285 g/mol. The summed E-state index contributed by atoms with van der Waals surface area (Å²) in [6.45, 7) is 6.01. The summed E-state index contributed by atoms with van der Waals surface area (Å²) < 4.78 is 5.46. The fourth-order valence-corrected chi connectivity index (χ4v) is 3.18. The normalized spacial score (nSPS) is 28.0. The van der Waals surface area contributed by atoms with Crippen molar-refractivity contribution in [3.05, 3.63) is 35.7 Å². The van der Waals surface area contributed by atoms with E-state index in [2.05, 4.69) is 19.9 Å². The van der Waals surface area contributed by atoms with Crippen LogP contribution in [-0.2, 0) is 6.54 Å². The fraction of sp³-hybridized carbons (Fsp3) is 0.467. The summed E-state index contributed by atoms with van der Waals surface area (Å²) in [5.74, 6) is 1.38. The highest BCUT2D eigenvalue weighted by atomic mass is 16.5. The second-order valence-corrected chi connectivity index (χ2v) is 5.71. The molecule has 3 fully saturated rings. The van der Waals surface area contributed by atoms with Gasteiger partial charge in [0.2, 0.25) is 0 Å². The van der Waals surface area contributed by atoms with Gasteiger partial charge >= 0.3 is 0 Å². The average Bonchev–Trinajstić information content (AvgIpc) is 3.06. The van der Waals surface area contributed by atoms with E-state index in [0.717, 1.165) is 49.7 Å². The maximum Gasteiger partial charge on any atom is 0.257 e. The highest BCUT2D eigenvalue weighted by molar-refractivity contribution is 5.54. The summed E-state index contributed by atoms with van der Waals surface area (Å²) in [6.07, 6.45) is 0. The number of nitrogens with zero attached hydrogens (tertiary/aromatic N) is 4. The first kappa shape index (κ1) is 12.9. The second kappa shape index (κ2) is 5.22. The molecule has 1 atom stereocenters. The van der Waals surface area contributed by atoms with Gasteiger partial charge in [0.25, 0.3) is 5.89 Å². The van der Waals surface area contributed by atoms with Crippen LogP contribution in [0.25, 0.3) is 11.5 Å². The Kier molecular flexibility index (Phi) is 3.21. The zero-order valence-electron chi connectivity index (χ0n) is 11.9. The van der Waals surface area contributed by atoms with Gasteiger partial charge in [-0.25, -0.2) is 0 Å². The molecule has 4 heterocycles. The van der Waals surface area contributed by atoms with Gasteiger partial charge < -0.3 is 10.3 Å². The van der Waals surface area contributed by atoms with Crippen LogP contribution in [0.1, 0.15) is 17.4 Å². The fourth-order valence-electron chi connectivity index (χ4n) is 3.18. The first-order valence-corrected chi connectivity index (χ1v) is 7.43. The summed E-state index contributed by atoms with van der Waals surface area (Å²) in [4.78, 5) is 9.53. The molecule has 5 rings (SSSR count). The van der Waals surface area contributed by atoms with Gasteiger partial charge in [0.1, 0.15) is 0 Å². The molecule has 1 aromatic heterocycles. The first-order chi connectivity index (χ1) is 10.3. The standard InChI is InChI=1S/C15H19N5O/c16-9-11-2-1-3-12(8-11)15-17-14(18-21-15)13-10-19-4-6-20(13)7-5-19/h1-3,8,13H,4-7,9-10,16H2. The number of benzene rings is 1. The lowest BCUT2D eigenvalue weighted by Gasteiger charge is -2.46. The quantitative estimate of drug-likeness (QED) is 0.902. The molecule has 1 unspecified atom stereocenters. The molecule has 3 aliphatic rings. The minimum absolute atomic E-state index is 0.266. The zero-order chi connectivity index (χ0) is 14.2. The molecular weight excluding hydrogens is 266 g/mol. The zero-order valence-corrected chi connectivity index (χ0v) is 11.9. The molecule has 21 heavy (non-hydrogen) atoms. The molecular formula is C15H19N5O. The second-order valence-electron chi connectivity index (χ2n) is 5.71. The highest BCUT2D eigenvalue weighted by Crippen LogP contribution is 2.28. The molecule has 0 spiro atoms. The molecule has 0 amide bonds. The number of piperazine rings is 3. The molecule has 2 aromatic rings. The van der Waals surface area contributed by atoms with Crippen molar-refractivity contribution < 1.29 is 4.52 Å². The smallest absolute Gasteiger partial charge is 0.257 e. The Bertz CT molecular complexity index is 632. The van der Waals surface area contributed by atoms with Gasteiger partial charge in [-0.1, -0.05) is 17.3 Å². The lowest BCUT2D eigenvalue weighted by Crippen LogP contribution is -2.57. The van der Waals surface area contributed by atoms with Crippen LogP contribution in [0.15, 0.2) is 28.8 Å². The molecule has 3 saturated heterocycles. The molecule has 3 aliphatic heterocycles. The van der Waals surface area contributed by atoms with Crippen molar-refractivity contribution in [3.8, 4) is 11.5 Å². The Labute approximate surface area is 123 Å². The summed E-state index contributed by atoms with van der Waals surface area (Å²) >= 11 is 0. The Morgan fingerprint density at radius 3 is 2.81 bits per heavy atom. The van der Waals surface area contributed by atoms with Crippen LogP contribution < -0.4 is 5.73 Å². The highest BCUT2D eigenvalue weighted by Gasteiger charge is 2.35. The number of fused-ring (bicyclic) bond motifs is 3. The van der Waals surface area contributed by atoms with Gasteiger partial charge in [0.05, 0.1) is 6.04 Å². The van der Waals surface area contributed by atoms with Crippen LogP contribution in [-0.4, -0.2) is 52.7 Å². The molecule has 0 saturated carbocycles. The molecule has 1 aromatic carbocycles. The van der Waals surface area contributed by atoms with E-state index in [-0.39, 0.29) is 6.04 Å². The van der Waals surface area contributed by atoms with Gasteiger partial charge in [-0.15, -0.1) is 0 Å². The van der Waals surface area contributed by atoms with Crippen molar-refractivity contribution in [2.45, 2.75) is 12.6 Å². The Balaban J connectivity index is 1.60. The lowest BCUT2D eigenvalue weighted by atomic mass is 10.1. The van der Waals surface area contributed by atoms with E-state index in [9.17, 15) is 0 Å². The summed E-state index contributed by atoms with van der Waals surface area (Å²) in [6, 6.07) is 8.23. The van der Waals surface area contributed by atoms with Crippen molar-refractivity contribution in [1.82, 2.24) is 19.9 Å². The maximum atomic E-state index is 5.68. The van der Waals surface area contributed by atoms with Gasteiger partial charge in [-0.05, 0) is 17.7 Å². The molecule has 2 N–H and O–H groups in total. The molecule has 110 valence electrons. The molecule has 6 heteroatoms. The van der Waals surface area contributed by atoms with Crippen LogP contribution >= 0.6 is 0 Å². The summed E-state index contributed by atoms with van der Waals surface area (Å²) in [7, 11) is 0. The minimum Gasteiger partial charge on any atom is -0.334 e. The number of hydrogen-bond donors (Lipinski definition) is 1. The predicted octanol–water partition coefficient (Wildman–Crippen LogP) is 0.868. The van der Waals surface area contributed by atoms with E-state index < -0.39 is 0 Å². The molecule has 6 nitrogen and oxygen atoms in total. The van der Waals surface area contributed by atoms with Crippen LogP contribution in [0.2, 0.25) is 0 Å². The summed E-state index contributed by atoms with van der Waals surface area (Å²) in [5.41, 5.74) is 7.69. The van der Waals surface area contributed by atoms with E-state index in [0.29, 0.717) is 12.4 Å². The Hall–Kier alpha value is -1.76. The van der Waals surface area contributed by atoms with E-state index in [4.69, 9.17) is 10.3 Å². The van der Waals surface area contributed by atoms with E-state index >= 15 is 0 Å². The van der Waals surface area contributed by atoms with E-state index in [1.807, 2.05) is 24.3 Å². The number of rotatable bonds is 3. The first-order valence-electron chi connectivity index (χ1n) is 7.43. The predicted molar refractivity (Wildman–Crippen MR) is 78.4 cm³/mol. The molecule has 2 bridgehead atoms. The number of nitrogens with two attached hydrogens (primary N) is 1. The van der Waals surface area contributed by atoms with E-state index in [1.165, 1.54) is 0 Å². The van der Waals surface area contributed by atoms with Gasteiger partial charge in [-0.2, -0.15) is 4.98 Å². The third kappa shape index (κ3) is 2.35. The maximum absolute atomic E-state index is 5.68. The number of aromatic nitrogens is 2. The summed E-state index contributed by atoms with van der Waals surface area (Å²) in [5, 5.41) is 4.20. The van der Waals surface area contributed by atoms with Crippen molar-refractivity contribution in [2.75, 3.05) is 32.7 Å². The third-order valence-electron chi connectivity index (χ3n) is 4.43.